The van der Waals surface area contributed by atoms with E-state index < -0.39 is 12.2 Å². The van der Waals surface area contributed by atoms with Crippen LogP contribution in [-0.2, 0) is 0 Å². The van der Waals surface area contributed by atoms with Gasteiger partial charge in [-0.15, -0.1) is 0 Å². The number of aliphatic hydroxyl groups is 2. The maximum absolute atomic E-state index is 9.79. The van der Waals surface area contributed by atoms with Crippen molar-refractivity contribution in [3.8, 4) is 11.8 Å². The van der Waals surface area contributed by atoms with Crippen LogP contribution in [0.3, 0.4) is 0 Å². The lowest BCUT2D eigenvalue weighted by atomic mass is 10.0. The fourth-order valence-electron chi connectivity index (χ4n) is 1.68. The number of hydrogen-bond donors (Lipinski definition) is 2. The number of hydrogen-bond acceptors (Lipinski definition) is 2. The van der Waals surface area contributed by atoms with E-state index >= 15 is 0 Å². The minimum absolute atomic E-state index is 0.528. The van der Waals surface area contributed by atoms with Gasteiger partial charge in [0, 0.05) is 5.57 Å². The Kier molecular flexibility index (Phi) is 10.8. The summed E-state index contributed by atoms with van der Waals surface area (Å²) >= 11 is 0. The van der Waals surface area contributed by atoms with Gasteiger partial charge in [-0.3, -0.25) is 0 Å². The molecule has 0 heterocycles. The van der Waals surface area contributed by atoms with Crippen LogP contribution in [0, 0.1) is 11.8 Å². The number of rotatable bonds is 9. The molecule has 0 aromatic carbocycles. The van der Waals surface area contributed by atoms with Crippen molar-refractivity contribution in [3.63, 3.8) is 0 Å². The van der Waals surface area contributed by atoms with Crippen molar-refractivity contribution in [1.82, 2.24) is 0 Å². The predicted molar refractivity (Wildman–Crippen MR) is 77.2 cm³/mol. The molecule has 0 aliphatic heterocycles. The van der Waals surface area contributed by atoms with Gasteiger partial charge < -0.3 is 10.2 Å². The molecule has 0 rings (SSSR count). The van der Waals surface area contributed by atoms with Crippen molar-refractivity contribution in [3.05, 3.63) is 12.2 Å². The first-order valence-corrected chi connectivity index (χ1v) is 7.18. The molecular formula is C16H28O2. The largest absolute Gasteiger partial charge is 0.388 e. The normalized spacial score (nSPS) is 13.6. The molecule has 18 heavy (non-hydrogen) atoms. The monoisotopic (exact) mass is 252 g/mol. The van der Waals surface area contributed by atoms with Crippen molar-refractivity contribution >= 4 is 0 Å². The third-order valence-electron chi connectivity index (χ3n) is 2.96. The summed E-state index contributed by atoms with van der Waals surface area (Å²) in [6.07, 6.45) is 6.81. The van der Waals surface area contributed by atoms with Crippen LogP contribution in [0.2, 0.25) is 0 Å². The second-order valence-electron chi connectivity index (χ2n) is 4.82. The van der Waals surface area contributed by atoms with Crippen molar-refractivity contribution in [2.75, 3.05) is 0 Å². The third kappa shape index (κ3) is 9.27. The first-order chi connectivity index (χ1) is 8.61. The summed E-state index contributed by atoms with van der Waals surface area (Å²) in [6, 6.07) is 0. The summed E-state index contributed by atoms with van der Waals surface area (Å²) < 4.78 is 0. The lowest BCUT2D eigenvalue weighted by Gasteiger charge is -2.08. The summed E-state index contributed by atoms with van der Waals surface area (Å²) in [4.78, 5) is 0. The van der Waals surface area contributed by atoms with E-state index in [1.165, 1.54) is 0 Å². The van der Waals surface area contributed by atoms with Crippen molar-refractivity contribution in [2.45, 2.75) is 77.4 Å². The standard InChI is InChI=1S/C16H28O2/c1-4-6-8-10-15(17)13-12-14(3)16(18)11-9-7-5-2/h15-18H,3-11H2,1-2H3/t15-,16-/m0/s1. The molecule has 0 aliphatic rings. The quantitative estimate of drug-likeness (QED) is 0.487. The molecule has 2 nitrogen and oxygen atoms in total. The van der Waals surface area contributed by atoms with E-state index in [1.54, 1.807) is 0 Å². The second-order valence-corrected chi connectivity index (χ2v) is 4.82. The maximum Gasteiger partial charge on any atom is 0.115 e. The van der Waals surface area contributed by atoms with E-state index in [1.807, 2.05) is 0 Å². The summed E-state index contributed by atoms with van der Waals surface area (Å²) in [7, 11) is 0. The predicted octanol–water partition coefficient (Wildman–Crippen LogP) is 3.43. The highest BCUT2D eigenvalue weighted by atomic mass is 16.3. The zero-order valence-corrected chi connectivity index (χ0v) is 11.9. The minimum atomic E-state index is -0.587. The van der Waals surface area contributed by atoms with E-state index in [0.717, 1.165) is 38.5 Å². The van der Waals surface area contributed by atoms with Gasteiger partial charge in [-0.25, -0.2) is 0 Å². The van der Waals surface area contributed by atoms with Crippen molar-refractivity contribution in [1.29, 1.82) is 0 Å². The first kappa shape index (κ1) is 17.2. The molecule has 2 atom stereocenters. The highest BCUT2D eigenvalue weighted by Crippen LogP contribution is 2.09. The molecule has 0 aromatic heterocycles. The van der Waals surface area contributed by atoms with Gasteiger partial charge in [0.1, 0.15) is 6.10 Å². The molecule has 2 N–H and O–H groups in total. The lowest BCUT2D eigenvalue weighted by molar-refractivity contribution is 0.201. The van der Waals surface area contributed by atoms with Crippen LogP contribution in [0.15, 0.2) is 12.2 Å². The van der Waals surface area contributed by atoms with Gasteiger partial charge >= 0.3 is 0 Å². The number of aliphatic hydroxyl groups excluding tert-OH is 2. The molecule has 0 aromatic rings. The van der Waals surface area contributed by atoms with Gasteiger partial charge in [0.05, 0.1) is 6.10 Å². The molecule has 0 saturated carbocycles. The maximum atomic E-state index is 9.79. The van der Waals surface area contributed by atoms with Crippen LogP contribution in [0.5, 0.6) is 0 Å². The number of unbranched alkanes of at least 4 members (excludes halogenated alkanes) is 4. The third-order valence-corrected chi connectivity index (χ3v) is 2.96. The molecule has 0 spiro atoms. The minimum Gasteiger partial charge on any atom is -0.388 e. The van der Waals surface area contributed by atoms with Crippen molar-refractivity contribution in [2.24, 2.45) is 0 Å². The Balaban J connectivity index is 3.90. The van der Waals surface area contributed by atoms with Crippen LogP contribution >= 0.6 is 0 Å². The first-order valence-electron chi connectivity index (χ1n) is 7.18. The zero-order chi connectivity index (χ0) is 13.8. The Morgan fingerprint density at radius 1 is 1.00 bits per heavy atom. The van der Waals surface area contributed by atoms with E-state index in [0.29, 0.717) is 18.4 Å². The fourth-order valence-corrected chi connectivity index (χ4v) is 1.68. The Bertz CT molecular complexity index is 273. The molecule has 0 bridgehead atoms. The topological polar surface area (TPSA) is 40.5 Å². The van der Waals surface area contributed by atoms with Gasteiger partial charge in [-0.05, 0) is 19.3 Å². The molecule has 2 heteroatoms. The molecule has 0 fully saturated rings. The molecular weight excluding hydrogens is 224 g/mol. The van der Waals surface area contributed by atoms with E-state index in [-0.39, 0.29) is 0 Å². The summed E-state index contributed by atoms with van der Waals surface area (Å²) in [5, 5.41) is 19.4. The average molecular weight is 252 g/mol. The van der Waals surface area contributed by atoms with Crippen LogP contribution in [0.4, 0.5) is 0 Å². The van der Waals surface area contributed by atoms with Gasteiger partial charge in [0.15, 0.2) is 0 Å². The van der Waals surface area contributed by atoms with Crippen molar-refractivity contribution < 1.29 is 10.2 Å². The van der Waals surface area contributed by atoms with E-state index in [9.17, 15) is 10.2 Å². The van der Waals surface area contributed by atoms with Gasteiger partial charge in [0.25, 0.3) is 0 Å². The fraction of sp³-hybridized carbons (Fsp3) is 0.750. The smallest absolute Gasteiger partial charge is 0.115 e. The highest BCUT2D eigenvalue weighted by Gasteiger charge is 2.06. The van der Waals surface area contributed by atoms with E-state index in [4.69, 9.17) is 0 Å². The zero-order valence-electron chi connectivity index (χ0n) is 11.9. The van der Waals surface area contributed by atoms with Crippen LogP contribution in [0.25, 0.3) is 0 Å². The van der Waals surface area contributed by atoms with Crippen LogP contribution < -0.4 is 0 Å². The molecule has 0 radical (unpaired) electrons. The molecule has 104 valence electrons. The highest BCUT2D eigenvalue weighted by molar-refractivity contribution is 5.30. The Hall–Kier alpha value is -0.780. The van der Waals surface area contributed by atoms with Gasteiger partial charge in [-0.2, -0.15) is 0 Å². The molecule has 0 amide bonds. The summed E-state index contributed by atoms with van der Waals surface area (Å²) in [5.41, 5.74) is 0.528. The lowest BCUT2D eigenvalue weighted by Crippen LogP contribution is -2.09. The average Bonchev–Trinajstić information content (AvgIpc) is 2.36. The van der Waals surface area contributed by atoms with Gasteiger partial charge in [-0.1, -0.05) is 64.4 Å². The molecule has 0 unspecified atom stereocenters. The Morgan fingerprint density at radius 2 is 1.56 bits per heavy atom. The van der Waals surface area contributed by atoms with Gasteiger partial charge in [0.2, 0.25) is 0 Å². The SMILES string of the molecule is C=C(C#C[C@@H](O)CCCCC)[C@@H](O)CCCCC. The molecule has 0 saturated heterocycles. The molecule has 0 aliphatic carbocycles. The summed E-state index contributed by atoms with van der Waals surface area (Å²) in [6.45, 7) is 8.03. The Morgan fingerprint density at radius 3 is 2.11 bits per heavy atom. The Labute approximate surface area is 112 Å². The summed E-state index contributed by atoms with van der Waals surface area (Å²) in [5.74, 6) is 5.55. The van der Waals surface area contributed by atoms with Crippen LogP contribution in [0.1, 0.15) is 65.2 Å². The van der Waals surface area contributed by atoms with Crippen LogP contribution in [-0.4, -0.2) is 22.4 Å². The second kappa shape index (κ2) is 11.3. The van der Waals surface area contributed by atoms with E-state index in [2.05, 4.69) is 32.3 Å².